The Morgan fingerprint density at radius 2 is 0.467 bits per heavy atom. The minimum Gasteiger partial charge on any atom is -0.512 e. The molecule has 0 bridgehead atoms. The topological polar surface area (TPSA) is 183 Å². The number of nitriles is 1. The van der Waals surface area contributed by atoms with Gasteiger partial charge in [0.15, 0.2) is 0 Å². The monoisotopic (exact) mass is 1650 g/mol. The van der Waals surface area contributed by atoms with Gasteiger partial charge < -0.3 is 23.7 Å². The van der Waals surface area contributed by atoms with Gasteiger partial charge in [0.2, 0.25) is 0 Å². The average molecular weight is 1650 g/mol. The zero-order valence-corrected chi connectivity index (χ0v) is 67.1. The smallest absolute Gasteiger partial charge is 0.512 e. The van der Waals surface area contributed by atoms with Crippen molar-refractivity contribution in [2.75, 3.05) is 0 Å². The minimum atomic E-state index is -0.524. The van der Waals surface area contributed by atoms with E-state index in [0.29, 0.717) is 15.7 Å². The third-order valence-corrected chi connectivity index (χ3v) is 25.0. The van der Waals surface area contributed by atoms with Crippen LogP contribution < -0.4 is 63.7 Å². The molecule has 11 nitrogen and oxygen atoms in total. The molecule has 2 heterocycles. The Hall–Kier alpha value is -10.3. The second kappa shape index (κ2) is 48.6. The number of pyridine rings is 2. The fourth-order valence-corrected chi connectivity index (χ4v) is 19.9. The van der Waals surface area contributed by atoms with E-state index in [1.54, 1.807) is 26.0 Å². The van der Waals surface area contributed by atoms with Crippen molar-refractivity contribution in [2.24, 2.45) is 0 Å². The number of hydrogen-bond donors (Lipinski definition) is 0. The summed E-state index contributed by atoms with van der Waals surface area (Å²) in [4.78, 5) is 26.9. The molecule has 0 fully saturated rings. The molecule has 0 aliphatic heterocycles. The van der Waals surface area contributed by atoms with Gasteiger partial charge in [-0.05, 0) is 137 Å². The molecule has 18 heteroatoms. The molecular weight excluding hydrogens is 1580 g/mol. The van der Waals surface area contributed by atoms with Crippen LogP contribution in [0.5, 0.6) is 0 Å². The molecule has 0 spiro atoms. The number of rotatable bonds is 14. The summed E-state index contributed by atoms with van der Waals surface area (Å²) >= 11 is 3.11. The maximum atomic E-state index is 10.3. The predicted molar refractivity (Wildman–Crippen MR) is 434 cm³/mol. The molecule has 105 heavy (non-hydrogen) atoms. The molecule has 12 aromatic carbocycles. The summed E-state index contributed by atoms with van der Waals surface area (Å²) in [6.07, 6.45) is 2.33. The largest absolute Gasteiger partial charge is 2.00 e. The summed E-state index contributed by atoms with van der Waals surface area (Å²) in [6.45, 7) is 12.7. The normalized spacial score (nSPS) is 9.73. The summed E-state index contributed by atoms with van der Waals surface area (Å²) in [7, 11) is -1.78. The standard InChI is InChI=1S/4C18H15P.C7H5N3O2.C6H5BrN2O2.2CN.Pd.Zn/c4*1-4-10-16(11-5-1)19(17-12-6-2-7-13-17)18-14-8-3-9-15-18;1-5-2-6(3-8)9-4-7(5)10(11)12;1-4-2-6(7)8-3-5(4)9(10)11;2*1-2;;/h4*1-15H;2,4H,1H3;2-3H,1H3;;;;/q;;;;;;2*-1;;+2. The first-order valence-electron chi connectivity index (χ1n) is 32.1. The van der Waals surface area contributed by atoms with Gasteiger partial charge in [-0.15, -0.1) is 0 Å². The van der Waals surface area contributed by atoms with Gasteiger partial charge in [-0.1, -0.05) is 364 Å². The molecule has 516 valence electrons. The fourth-order valence-electron chi connectivity index (χ4n) is 10.2. The molecule has 0 radical (unpaired) electrons. The molecule has 0 aliphatic rings. The molecule has 0 atom stereocenters. The predicted octanol–water partition coefficient (Wildman–Crippen LogP) is 17.2. The van der Waals surface area contributed by atoms with Crippen molar-refractivity contribution in [2.45, 2.75) is 13.8 Å². The Bertz CT molecular complexity index is 3990. The van der Waals surface area contributed by atoms with Crippen molar-refractivity contribution in [1.29, 1.82) is 15.8 Å². The van der Waals surface area contributed by atoms with E-state index in [-0.39, 0.29) is 57.0 Å². The van der Waals surface area contributed by atoms with Crippen LogP contribution in [0.2, 0.25) is 0 Å². The van der Waals surface area contributed by atoms with E-state index < -0.39 is 41.5 Å². The number of halogens is 1. The Morgan fingerprint density at radius 1 is 0.314 bits per heavy atom. The van der Waals surface area contributed by atoms with Crippen LogP contribution in [0.15, 0.2) is 393 Å². The van der Waals surface area contributed by atoms with Crippen LogP contribution in [-0.2, 0) is 39.9 Å². The van der Waals surface area contributed by atoms with Crippen molar-refractivity contribution < 1.29 is 49.7 Å². The molecule has 2 aromatic heterocycles. The number of benzene rings is 12. The van der Waals surface area contributed by atoms with E-state index in [2.05, 4.69) is 390 Å². The molecule has 0 saturated carbocycles. The van der Waals surface area contributed by atoms with Crippen LogP contribution in [0.4, 0.5) is 11.4 Å². The third kappa shape index (κ3) is 27.4. The van der Waals surface area contributed by atoms with E-state index in [0.717, 1.165) is 6.20 Å². The van der Waals surface area contributed by atoms with Crippen LogP contribution in [0.25, 0.3) is 0 Å². The van der Waals surface area contributed by atoms with Gasteiger partial charge in [0.25, 0.3) is 11.4 Å². The van der Waals surface area contributed by atoms with Crippen molar-refractivity contribution in [1.82, 2.24) is 9.97 Å². The Morgan fingerprint density at radius 3 is 0.600 bits per heavy atom. The van der Waals surface area contributed by atoms with Crippen LogP contribution in [0.3, 0.4) is 0 Å². The van der Waals surface area contributed by atoms with E-state index in [1.807, 2.05) is 0 Å². The van der Waals surface area contributed by atoms with E-state index in [9.17, 15) is 20.2 Å². The van der Waals surface area contributed by atoms with Crippen LogP contribution >= 0.6 is 47.6 Å². The number of aryl methyl sites for hydroxylation is 2. The van der Waals surface area contributed by atoms with Crippen molar-refractivity contribution in [3.8, 4) is 6.07 Å². The number of nitro groups is 2. The van der Waals surface area contributed by atoms with Crippen molar-refractivity contribution >= 4 is 123 Å². The van der Waals surface area contributed by atoms with Crippen LogP contribution in [0.1, 0.15) is 16.8 Å². The fraction of sp³-hybridized carbons (Fsp3) is 0.0230. The van der Waals surface area contributed by atoms with E-state index in [4.69, 9.17) is 28.9 Å². The third-order valence-electron chi connectivity index (χ3n) is 14.8. The molecule has 0 saturated heterocycles. The summed E-state index contributed by atoms with van der Waals surface area (Å²) in [5.41, 5.74) is 1.24. The molecule has 0 amide bonds. The van der Waals surface area contributed by atoms with Gasteiger partial charge in [-0.2, -0.15) is 5.26 Å². The van der Waals surface area contributed by atoms with Crippen molar-refractivity contribution in [3.63, 3.8) is 0 Å². The Kier molecular flexibility index (Phi) is 39.5. The zero-order chi connectivity index (χ0) is 73.2. The number of nitrogens with zero attached hydrogens (tertiary/aromatic N) is 7. The van der Waals surface area contributed by atoms with Gasteiger partial charge in [0.05, 0.1) is 9.85 Å². The maximum Gasteiger partial charge on any atom is 2.00 e. The van der Waals surface area contributed by atoms with Gasteiger partial charge >= 0.3 is 19.5 Å². The first-order valence-corrected chi connectivity index (χ1v) is 38.3. The molecule has 0 unspecified atom stereocenters. The first kappa shape index (κ1) is 85.3. The van der Waals surface area contributed by atoms with Crippen LogP contribution in [0, 0.1) is 69.1 Å². The minimum absolute atomic E-state index is 0. The number of hydrogen-bond acceptors (Lipinski definition) is 9. The Labute approximate surface area is 655 Å². The quantitative estimate of drug-likeness (QED) is 0.0255. The Balaban J connectivity index is 0.000000226. The SMILES string of the molecule is Cc1cc(Br)ncc1[N+](=O)[O-].Cc1cc(C#N)ncc1[N+](=O)[O-].[C-]#N.[C-]#N.[Pd].[Zn+2].c1ccc(P(c2ccccc2)c2ccccc2)cc1.c1ccc(P(c2ccccc2)c2ccccc2)cc1.c1ccc(P(c2ccccc2)c2ccccc2)cc1.c1ccc(P(c2ccccc2)c2ccccc2)cc1. The van der Waals surface area contributed by atoms with Gasteiger partial charge in [0.1, 0.15) is 28.8 Å². The van der Waals surface area contributed by atoms with Gasteiger partial charge in [-0.3, -0.25) is 20.2 Å². The van der Waals surface area contributed by atoms with Gasteiger partial charge in [-0.25, -0.2) is 9.97 Å². The molecule has 0 N–H and O–H groups in total. The second-order valence-corrected chi connectivity index (χ2v) is 31.3. The first-order chi connectivity index (χ1) is 50.6. The van der Waals surface area contributed by atoms with E-state index in [1.165, 1.54) is 75.9 Å². The van der Waals surface area contributed by atoms with Crippen LogP contribution in [-0.4, -0.2) is 19.8 Å². The summed E-state index contributed by atoms with van der Waals surface area (Å²) in [5.74, 6) is 0. The molecule has 14 aromatic rings. The average Bonchev–Trinajstić information content (AvgIpc) is 0.834. The van der Waals surface area contributed by atoms with Gasteiger partial charge in [0, 0.05) is 31.5 Å². The maximum absolute atomic E-state index is 10.3. The van der Waals surface area contributed by atoms with Crippen molar-refractivity contribution in [3.05, 3.63) is 443 Å². The molecule has 0 aliphatic carbocycles. The zero-order valence-electron chi connectivity index (χ0n) is 57.4. The summed E-state index contributed by atoms with van der Waals surface area (Å²) in [5, 5.41) is 58.3. The molecule has 14 rings (SSSR count). The van der Waals surface area contributed by atoms with E-state index >= 15 is 0 Å². The summed E-state index contributed by atoms with van der Waals surface area (Å²) in [6, 6.07) is 134. The number of aromatic nitrogens is 2. The summed E-state index contributed by atoms with van der Waals surface area (Å²) < 4.78 is 0.612. The molecular formula is C87H70BrN7O4P4PdZn. The second-order valence-electron chi connectivity index (χ2n) is 21.6.